The highest BCUT2D eigenvalue weighted by molar-refractivity contribution is 6.54. The molecule has 2 saturated heterocycles. The summed E-state index contributed by atoms with van der Waals surface area (Å²) in [7, 11) is 2.84. The van der Waals surface area contributed by atoms with Gasteiger partial charge in [-0.25, -0.2) is 4.79 Å². The van der Waals surface area contributed by atoms with E-state index in [0.29, 0.717) is 12.2 Å². The molecule has 4 rings (SSSR count). The molecule has 4 atom stereocenters. The summed E-state index contributed by atoms with van der Waals surface area (Å²) in [6.07, 6.45) is -0.958. The van der Waals surface area contributed by atoms with Gasteiger partial charge in [0.15, 0.2) is 11.5 Å². The predicted molar refractivity (Wildman–Crippen MR) is 91.4 cm³/mol. The monoisotopic (exact) mass is 378 g/mol. The molecule has 10 nitrogen and oxygen atoms in total. The van der Waals surface area contributed by atoms with E-state index in [9.17, 15) is 14.4 Å². The van der Waals surface area contributed by atoms with Crippen LogP contribution in [0.1, 0.15) is 13.8 Å². The zero-order chi connectivity index (χ0) is 19.7. The molecule has 3 N–H and O–H groups in total. The van der Waals surface area contributed by atoms with Crippen molar-refractivity contribution in [1.29, 1.82) is 0 Å². The molecular weight excluding hydrogens is 356 g/mol. The highest BCUT2D eigenvalue weighted by atomic mass is 16.6. The first-order chi connectivity index (χ1) is 12.7. The smallest absolute Gasteiger partial charge is 0.404 e. The van der Waals surface area contributed by atoms with Crippen LogP contribution in [0.3, 0.4) is 0 Å². The van der Waals surface area contributed by atoms with E-state index in [1.807, 2.05) is 4.90 Å². The van der Waals surface area contributed by atoms with Gasteiger partial charge in [0, 0.05) is 25.3 Å². The minimum Gasteiger partial charge on any atom is -0.449 e. The lowest BCUT2D eigenvalue weighted by Crippen LogP contribution is -2.55. The number of amides is 1. The summed E-state index contributed by atoms with van der Waals surface area (Å²) in [4.78, 5) is 44.6. The van der Waals surface area contributed by atoms with Crippen LogP contribution in [-0.4, -0.2) is 73.5 Å². The molecule has 146 valence electrons. The normalized spacial score (nSPS) is 37.3. The number of ether oxygens (including phenoxy) is 2. The standard InChI is InChI=1S/C17H22N4O6/c1-16(2)13(20-26-4)11(22)9-7(6-27-15(18)24)17(25-3)12-8(19-12)5-21(17)10(9)14(16)23/h7-8,12,19H,5-6H2,1-4H3,(H2,18,24)/b20-13-/t7-,8+,12+,17-/m1/s1. The molecular formula is C17H22N4O6. The number of nitrogens with two attached hydrogens (primary N) is 1. The Hall–Kier alpha value is -2.46. The van der Waals surface area contributed by atoms with Gasteiger partial charge in [0.2, 0.25) is 5.78 Å². The van der Waals surface area contributed by atoms with Crippen LogP contribution in [0.5, 0.6) is 0 Å². The molecule has 0 spiro atoms. The van der Waals surface area contributed by atoms with Crippen molar-refractivity contribution >= 4 is 23.4 Å². The number of allylic oxidation sites excluding steroid dienone is 1. The van der Waals surface area contributed by atoms with Gasteiger partial charge in [-0.2, -0.15) is 0 Å². The summed E-state index contributed by atoms with van der Waals surface area (Å²) in [6, 6.07) is 0.0660. The fourth-order valence-corrected chi connectivity index (χ4v) is 4.76. The van der Waals surface area contributed by atoms with E-state index in [1.54, 1.807) is 13.8 Å². The predicted octanol–water partition coefficient (Wildman–Crippen LogP) is -0.855. The van der Waals surface area contributed by atoms with Crippen molar-refractivity contribution < 1.29 is 28.7 Å². The van der Waals surface area contributed by atoms with Crippen LogP contribution in [-0.2, 0) is 23.9 Å². The number of hydrogen-bond acceptors (Lipinski definition) is 9. The van der Waals surface area contributed by atoms with Crippen molar-refractivity contribution in [3.63, 3.8) is 0 Å². The summed E-state index contributed by atoms with van der Waals surface area (Å²) < 4.78 is 10.9. The maximum Gasteiger partial charge on any atom is 0.404 e. The molecule has 0 aromatic heterocycles. The third-order valence-corrected chi connectivity index (χ3v) is 6.04. The number of fused-ring (bicyclic) bond motifs is 4. The Bertz CT molecular complexity index is 818. The summed E-state index contributed by atoms with van der Waals surface area (Å²) in [5.74, 6) is -1.32. The van der Waals surface area contributed by atoms with Crippen LogP contribution in [0, 0.1) is 11.3 Å². The number of ketones is 2. The molecule has 27 heavy (non-hydrogen) atoms. The summed E-state index contributed by atoms with van der Waals surface area (Å²) >= 11 is 0. The first-order valence-electron chi connectivity index (χ1n) is 8.68. The summed E-state index contributed by atoms with van der Waals surface area (Å²) in [5, 5.41) is 7.14. The van der Waals surface area contributed by atoms with Gasteiger partial charge in [-0.3, -0.25) is 9.59 Å². The lowest BCUT2D eigenvalue weighted by molar-refractivity contribution is -0.139. The first kappa shape index (κ1) is 17.9. The summed E-state index contributed by atoms with van der Waals surface area (Å²) in [5.41, 5.74) is 3.58. The van der Waals surface area contributed by atoms with E-state index in [0.717, 1.165) is 0 Å². The van der Waals surface area contributed by atoms with E-state index in [2.05, 4.69) is 10.5 Å². The van der Waals surface area contributed by atoms with Crippen molar-refractivity contribution in [1.82, 2.24) is 10.2 Å². The van der Waals surface area contributed by atoms with Crippen LogP contribution >= 0.6 is 0 Å². The molecule has 0 unspecified atom stereocenters. The van der Waals surface area contributed by atoms with Gasteiger partial charge in [-0.15, -0.1) is 0 Å². The van der Waals surface area contributed by atoms with Crippen LogP contribution < -0.4 is 11.1 Å². The molecule has 3 aliphatic heterocycles. The van der Waals surface area contributed by atoms with Gasteiger partial charge in [0.25, 0.3) is 0 Å². The second-order valence-electron chi connectivity index (χ2n) is 7.67. The van der Waals surface area contributed by atoms with Gasteiger partial charge in [0.05, 0.1) is 23.1 Å². The number of primary amides is 1. The molecule has 0 aromatic rings. The molecule has 0 radical (unpaired) electrons. The second kappa shape index (κ2) is 5.52. The minimum absolute atomic E-state index is 0.0190. The average Bonchev–Trinajstić information content (AvgIpc) is 3.22. The third kappa shape index (κ3) is 2.08. The number of carbonyl (C=O) groups excluding carboxylic acids is 3. The molecule has 2 fully saturated rings. The van der Waals surface area contributed by atoms with E-state index in [1.165, 1.54) is 14.2 Å². The molecule has 0 saturated carbocycles. The highest BCUT2D eigenvalue weighted by Crippen LogP contribution is 2.56. The maximum absolute atomic E-state index is 13.4. The van der Waals surface area contributed by atoms with Gasteiger partial charge in [-0.1, -0.05) is 5.16 Å². The number of rotatable bonds is 4. The van der Waals surface area contributed by atoms with Crippen LogP contribution in [0.4, 0.5) is 4.79 Å². The summed E-state index contributed by atoms with van der Waals surface area (Å²) in [6.45, 7) is 3.64. The molecule has 4 aliphatic rings. The third-order valence-electron chi connectivity index (χ3n) is 6.04. The number of piperazine rings is 1. The first-order valence-corrected chi connectivity index (χ1v) is 8.68. The number of Topliss-reactive ketones (excluding diaryl/α,β-unsaturated/α-hetero) is 2. The number of nitrogens with one attached hydrogen (secondary N) is 1. The lowest BCUT2D eigenvalue weighted by atomic mass is 9.71. The number of hydrogen-bond donors (Lipinski definition) is 2. The van der Waals surface area contributed by atoms with Gasteiger partial charge in [0.1, 0.15) is 19.4 Å². The largest absolute Gasteiger partial charge is 0.449 e. The molecule has 1 aliphatic carbocycles. The fraction of sp³-hybridized carbons (Fsp3) is 0.647. The highest BCUT2D eigenvalue weighted by Gasteiger charge is 2.74. The SMILES string of the molecule is CO/N=C1/C(=O)C2=C(C(=O)C1(C)C)N1C[C@@H]3N[C@@H]3[C@]1(OC)[C@@H]2COC(N)=O. The number of carbonyl (C=O) groups is 3. The topological polar surface area (TPSA) is 142 Å². The van der Waals surface area contributed by atoms with E-state index < -0.39 is 28.9 Å². The maximum atomic E-state index is 13.4. The van der Waals surface area contributed by atoms with Crippen LogP contribution in [0.15, 0.2) is 16.4 Å². The van der Waals surface area contributed by atoms with Crippen LogP contribution in [0.2, 0.25) is 0 Å². The van der Waals surface area contributed by atoms with Crippen molar-refractivity contribution in [3.05, 3.63) is 11.3 Å². The Balaban J connectivity index is 1.89. The average molecular weight is 378 g/mol. The van der Waals surface area contributed by atoms with Gasteiger partial charge < -0.3 is 30.3 Å². The van der Waals surface area contributed by atoms with Gasteiger partial charge >= 0.3 is 6.09 Å². The van der Waals surface area contributed by atoms with Crippen molar-refractivity contribution in [2.75, 3.05) is 27.4 Å². The zero-order valence-electron chi connectivity index (χ0n) is 15.6. The number of nitrogens with zero attached hydrogens (tertiary/aromatic N) is 2. The van der Waals surface area contributed by atoms with Crippen LogP contribution in [0.25, 0.3) is 0 Å². The van der Waals surface area contributed by atoms with E-state index in [-0.39, 0.29) is 35.8 Å². The Morgan fingerprint density at radius 3 is 2.67 bits per heavy atom. The molecule has 0 bridgehead atoms. The quantitative estimate of drug-likeness (QED) is 0.475. The van der Waals surface area contributed by atoms with Crippen molar-refractivity contribution in [3.8, 4) is 0 Å². The Labute approximate surface area is 155 Å². The zero-order valence-corrected chi connectivity index (χ0v) is 15.6. The second-order valence-corrected chi connectivity index (χ2v) is 7.67. The van der Waals surface area contributed by atoms with Crippen molar-refractivity contribution in [2.24, 2.45) is 22.2 Å². The number of methoxy groups -OCH3 is 1. The molecule has 10 heteroatoms. The Kier molecular flexibility index (Phi) is 3.67. The number of oxime groups is 1. The van der Waals surface area contributed by atoms with E-state index >= 15 is 0 Å². The molecule has 3 heterocycles. The Morgan fingerprint density at radius 1 is 1.37 bits per heavy atom. The van der Waals surface area contributed by atoms with E-state index in [4.69, 9.17) is 20.0 Å². The Morgan fingerprint density at radius 2 is 2.07 bits per heavy atom. The minimum atomic E-state index is -1.15. The fourth-order valence-electron chi connectivity index (χ4n) is 4.76. The van der Waals surface area contributed by atoms with Gasteiger partial charge in [-0.05, 0) is 13.8 Å². The molecule has 0 aromatic carbocycles. The lowest BCUT2D eigenvalue weighted by Gasteiger charge is -2.40. The van der Waals surface area contributed by atoms with Crippen molar-refractivity contribution in [2.45, 2.75) is 31.7 Å². The molecule has 1 amide bonds.